The summed E-state index contributed by atoms with van der Waals surface area (Å²) in [6.07, 6.45) is 1.54. The first kappa shape index (κ1) is 15.3. The molecular formula is C15H18N2O3S. The summed E-state index contributed by atoms with van der Waals surface area (Å²) in [6, 6.07) is 8.41. The number of hydrogen-bond donors (Lipinski definition) is 1. The molecule has 0 saturated carbocycles. The quantitative estimate of drug-likeness (QED) is 0.922. The molecule has 0 bridgehead atoms. The maximum absolute atomic E-state index is 12.5. The number of aryl methyl sites for hydroxylation is 2. The molecule has 0 spiro atoms. The first-order valence-electron chi connectivity index (χ1n) is 6.62. The van der Waals surface area contributed by atoms with Gasteiger partial charge in [0.25, 0.3) is 10.0 Å². The maximum Gasteiger partial charge on any atom is 0.263 e. The van der Waals surface area contributed by atoms with Crippen molar-refractivity contribution in [2.45, 2.75) is 25.7 Å². The van der Waals surface area contributed by atoms with E-state index < -0.39 is 10.0 Å². The second kappa shape index (κ2) is 6.13. The second-order valence-electron chi connectivity index (χ2n) is 4.64. The van der Waals surface area contributed by atoms with Crippen LogP contribution in [0, 0.1) is 13.8 Å². The molecule has 2 aromatic rings. The summed E-state index contributed by atoms with van der Waals surface area (Å²) in [5.41, 5.74) is 1.41. The first-order valence-corrected chi connectivity index (χ1v) is 8.10. The van der Waals surface area contributed by atoms with Crippen LogP contribution in [0.4, 0.5) is 5.82 Å². The lowest BCUT2D eigenvalue weighted by molar-refractivity contribution is 0.337. The number of hydrogen-bond acceptors (Lipinski definition) is 4. The predicted molar refractivity (Wildman–Crippen MR) is 82.1 cm³/mol. The highest BCUT2D eigenvalue weighted by molar-refractivity contribution is 7.92. The minimum atomic E-state index is -3.67. The fourth-order valence-corrected chi connectivity index (χ4v) is 3.30. The van der Waals surface area contributed by atoms with Gasteiger partial charge in [0, 0.05) is 6.20 Å². The zero-order valence-electron chi connectivity index (χ0n) is 12.3. The highest BCUT2D eigenvalue weighted by Crippen LogP contribution is 2.26. The summed E-state index contributed by atoms with van der Waals surface area (Å²) >= 11 is 0. The maximum atomic E-state index is 12.5. The molecule has 1 aromatic heterocycles. The molecule has 1 N–H and O–H groups in total. The number of nitrogens with zero attached hydrogens (tertiary/aromatic N) is 1. The molecule has 1 aromatic carbocycles. The summed E-state index contributed by atoms with van der Waals surface area (Å²) in [7, 11) is -3.67. The van der Waals surface area contributed by atoms with Gasteiger partial charge in [-0.1, -0.05) is 6.07 Å². The Kier molecular flexibility index (Phi) is 4.47. The van der Waals surface area contributed by atoms with Gasteiger partial charge >= 0.3 is 0 Å². The van der Waals surface area contributed by atoms with Crippen molar-refractivity contribution in [3.8, 4) is 5.75 Å². The standard InChI is InChI=1S/C15H18N2O3S/c1-4-20-13-9-12(3)14(10-11(13)2)21(18,19)17-15-7-5-6-8-16-15/h5-10H,4H2,1-3H3,(H,16,17). The van der Waals surface area contributed by atoms with Crippen LogP contribution < -0.4 is 9.46 Å². The van der Waals surface area contributed by atoms with Gasteiger partial charge < -0.3 is 4.74 Å². The lowest BCUT2D eigenvalue weighted by Crippen LogP contribution is -2.15. The van der Waals surface area contributed by atoms with Gasteiger partial charge in [-0.25, -0.2) is 13.4 Å². The molecule has 0 amide bonds. The van der Waals surface area contributed by atoms with Crippen LogP contribution >= 0.6 is 0 Å². The molecule has 21 heavy (non-hydrogen) atoms. The van der Waals surface area contributed by atoms with Gasteiger partial charge in [-0.05, 0) is 56.2 Å². The number of benzene rings is 1. The Morgan fingerprint density at radius 1 is 1.19 bits per heavy atom. The van der Waals surface area contributed by atoms with Crippen molar-refractivity contribution < 1.29 is 13.2 Å². The minimum absolute atomic E-state index is 0.231. The number of nitrogens with one attached hydrogen (secondary N) is 1. The van der Waals surface area contributed by atoms with E-state index in [0.29, 0.717) is 23.7 Å². The number of rotatable bonds is 5. The Morgan fingerprint density at radius 3 is 2.57 bits per heavy atom. The fourth-order valence-electron chi connectivity index (χ4n) is 1.98. The normalized spacial score (nSPS) is 11.2. The Morgan fingerprint density at radius 2 is 1.95 bits per heavy atom. The number of anilines is 1. The smallest absolute Gasteiger partial charge is 0.263 e. The van der Waals surface area contributed by atoms with Gasteiger partial charge in [-0.2, -0.15) is 0 Å². The van der Waals surface area contributed by atoms with E-state index in [1.807, 2.05) is 13.8 Å². The van der Waals surface area contributed by atoms with Crippen LogP contribution in [0.5, 0.6) is 5.75 Å². The number of pyridine rings is 1. The van der Waals surface area contributed by atoms with Crippen molar-refractivity contribution in [3.05, 3.63) is 47.7 Å². The Hall–Kier alpha value is -2.08. The Labute approximate surface area is 125 Å². The Bertz CT molecular complexity index is 728. The van der Waals surface area contributed by atoms with Crippen molar-refractivity contribution in [2.24, 2.45) is 0 Å². The predicted octanol–water partition coefficient (Wildman–Crippen LogP) is 2.90. The van der Waals surface area contributed by atoms with E-state index in [-0.39, 0.29) is 4.90 Å². The van der Waals surface area contributed by atoms with Crippen molar-refractivity contribution in [1.29, 1.82) is 0 Å². The van der Waals surface area contributed by atoms with Crippen LogP contribution in [0.1, 0.15) is 18.1 Å². The van der Waals surface area contributed by atoms with E-state index in [4.69, 9.17) is 4.74 Å². The topological polar surface area (TPSA) is 68.3 Å². The summed E-state index contributed by atoms with van der Waals surface area (Å²) in [4.78, 5) is 4.20. The van der Waals surface area contributed by atoms with Gasteiger partial charge in [0.05, 0.1) is 11.5 Å². The molecule has 0 atom stereocenters. The number of sulfonamides is 1. The minimum Gasteiger partial charge on any atom is -0.494 e. The third-order valence-corrected chi connectivity index (χ3v) is 4.46. The van der Waals surface area contributed by atoms with Crippen LogP contribution in [-0.2, 0) is 10.0 Å². The number of aromatic nitrogens is 1. The van der Waals surface area contributed by atoms with Crippen LogP contribution in [0.3, 0.4) is 0 Å². The van der Waals surface area contributed by atoms with E-state index in [1.165, 1.54) is 6.20 Å². The molecule has 6 heteroatoms. The van der Waals surface area contributed by atoms with Crippen molar-refractivity contribution in [3.63, 3.8) is 0 Å². The van der Waals surface area contributed by atoms with E-state index in [9.17, 15) is 8.42 Å². The molecule has 0 radical (unpaired) electrons. The second-order valence-corrected chi connectivity index (χ2v) is 6.29. The van der Waals surface area contributed by atoms with Crippen LogP contribution in [0.15, 0.2) is 41.4 Å². The van der Waals surface area contributed by atoms with E-state index in [0.717, 1.165) is 5.56 Å². The molecule has 0 aliphatic heterocycles. The molecule has 0 aliphatic rings. The van der Waals surface area contributed by atoms with E-state index in [2.05, 4.69) is 9.71 Å². The lowest BCUT2D eigenvalue weighted by Gasteiger charge is -2.13. The lowest BCUT2D eigenvalue weighted by atomic mass is 10.1. The first-order chi connectivity index (χ1) is 9.94. The molecule has 0 aliphatic carbocycles. The zero-order valence-corrected chi connectivity index (χ0v) is 13.1. The van der Waals surface area contributed by atoms with Gasteiger partial charge in [0.2, 0.25) is 0 Å². The van der Waals surface area contributed by atoms with Crippen LogP contribution in [-0.4, -0.2) is 20.0 Å². The summed E-state index contributed by atoms with van der Waals surface area (Å²) in [6.45, 7) is 6.00. The third kappa shape index (κ3) is 3.52. The molecule has 5 nitrogen and oxygen atoms in total. The monoisotopic (exact) mass is 306 g/mol. The van der Waals surface area contributed by atoms with Crippen LogP contribution in [0.2, 0.25) is 0 Å². The van der Waals surface area contributed by atoms with Gasteiger partial charge in [0.15, 0.2) is 0 Å². The Balaban J connectivity index is 2.39. The molecule has 0 unspecified atom stereocenters. The summed E-state index contributed by atoms with van der Waals surface area (Å²) in [5.74, 6) is 0.996. The van der Waals surface area contributed by atoms with Crippen molar-refractivity contribution in [2.75, 3.05) is 11.3 Å². The largest absolute Gasteiger partial charge is 0.494 e. The number of ether oxygens (including phenoxy) is 1. The fraction of sp³-hybridized carbons (Fsp3) is 0.267. The van der Waals surface area contributed by atoms with Gasteiger partial charge in [-0.3, -0.25) is 4.72 Å². The molecule has 0 saturated heterocycles. The van der Waals surface area contributed by atoms with Gasteiger partial charge in [-0.15, -0.1) is 0 Å². The molecule has 2 rings (SSSR count). The molecule has 112 valence electrons. The van der Waals surface area contributed by atoms with Crippen molar-refractivity contribution >= 4 is 15.8 Å². The average molecular weight is 306 g/mol. The van der Waals surface area contributed by atoms with Gasteiger partial charge in [0.1, 0.15) is 11.6 Å². The zero-order chi connectivity index (χ0) is 15.5. The average Bonchev–Trinajstić information content (AvgIpc) is 2.43. The third-order valence-electron chi connectivity index (χ3n) is 2.97. The van der Waals surface area contributed by atoms with Crippen molar-refractivity contribution in [1.82, 2.24) is 4.98 Å². The summed E-state index contributed by atoms with van der Waals surface area (Å²) < 4.78 is 32.9. The van der Waals surface area contributed by atoms with E-state index in [1.54, 1.807) is 37.3 Å². The SMILES string of the molecule is CCOc1cc(C)c(S(=O)(=O)Nc2ccccn2)cc1C. The molecular weight excluding hydrogens is 288 g/mol. The highest BCUT2D eigenvalue weighted by atomic mass is 32.2. The highest BCUT2D eigenvalue weighted by Gasteiger charge is 2.19. The summed E-state index contributed by atoms with van der Waals surface area (Å²) in [5, 5.41) is 0. The molecule has 1 heterocycles. The van der Waals surface area contributed by atoms with Crippen LogP contribution in [0.25, 0.3) is 0 Å². The van der Waals surface area contributed by atoms with E-state index >= 15 is 0 Å². The molecule has 0 fully saturated rings.